The van der Waals surface area contributed by atoms with E-state index in [0.717, 1.165) is 19.5 Å². The summed E-state index contributed by atoms with van der Waals surface area (Å²) in [4.78, 5) is 36.3. The Bertz CT molecular complexity index is 1100. The number of para-hydroxylation sites is 1. The fourth-order valence-corrected chi connectivity index (χ4v) is 3.92. The molecule has 1 amide bonds. The zero-order valence-corrected chi connectivity index (χ0v) is 16.9. The van der Waals surface area contributed by atoms with Crippen molar-refractivity contribution in [1.29, 1.82) is 0 Å². The van der Waals surface area contributed by atoms with Crippen LogP contribution in [0.4, 0.5) is 0 Å². The van der Waals surface area contributed by atoms with Gasteiger partial charge in [-0.15, -0.1) is 0 Å². The van der Waals surface area contributed by atoms with Crippen LogP contribution in [-0.2, 0) is 30.7 Å². The van der Waals surface area contributed by atoms with Crippen LogP contribution in [-0.4, -0.2) is 46.3 Å². The van der Waals surface area contributed by atoms with Gasteiger partial charge in [0, 0.05) is 32.5 Å². The summed E-state index contributed by atoms with van der Waals surface area (Å²) in [6.45, 7) is 2.31. The van der Waals surface area contributed by atoms with E-state index in [1.165, 1.54) is 16.7 Å². The number of aryl methyl sites for hydroxylation is 1. The molecule has 0 saturated carbocycles. The van der Waals surface area contributed by atoms with Crippen molar-refractivity contribution in [3.63, 3.8) is 0 Å². The number of hydrogen-bond acceptors (Lipinski definition) is 4. The van der Waals surface area contributed by atoms with E-state index >= 15 is 0 Å². The molecule has 0 fully saturated rings. The quantitative estimate of drug-likeness (QED) is 0.727. The molecule has 0 spiro atoms. The molecule has 29 heavy (non-hydrogen) atoms. The van der Waals surface area contributed by atoms with Gasteiger partial charge >= 0.3 is 0 Å². The standard InChI is InChI=1S/C23H26N4O2/c1-26(2)14-16-7-8-18-15-27(12-11-17(18)13-16)22(28)10-9-21-24-20-6-4-3-5-19(20)23(29)25-21/h3-8,13H,9-12,14-15H2,1-2H3,(H,24,25,29). The third-order valence-electron chi connectivity index (χ3n) is 5.37. The van der Waals surface area contributed by atoms with Gasteiger partial charge in [0.25, 0.3) is 5.56 Å². The third-order valence-corrected chi connectivity index (χ3v) is 5.37. The summed E-state index contributed by atoms with van der Waals surface area (Å²) < 4.78 is 0. The van der Waals surface area contributed by atoms with Gasteiger partial charge < -0.3 is 14.8 Å². The molecule has 2 heterocycles. The van der Waals surface area contributed by atoms with E-state index in [0.29, 0.717) is 36.1 Å². The molecule has 0 saturated heterocycles. The summed E-state index contributed by atoms with van der Waals surface area (Å²) in [5, 5.41) is 0.573. The van der Waals surface area contributed by atoms with E-state index in [2.05, 4.69) is 47.2 Å². The molecule has 1 aliphatic rings. The van der Waals surface area contributed by atoms with Crippen molar-refractivity contribution in [2.75, 3.05) is 20.6 Å². The molecule has 0 aliphatic carbocycles. The van der Waals surface area contributed by atoms with Crippen molar-refractivity contribution >= 4 is 16.8 Å². The smallest absolute Gasteiger partial charge is 0.258 e. The topological polar surface area (TPSA) is 69.3 Å². The molecule has 3 aromatic rings. The number of nitrogens with zero attached hydrogens (tertiary/aromatic N) is 3. The Morgan fingerprint density at radius 2 is 2.00 bits per heavy atom. The second kappa shape index (κ2) is 8.17. The highest BCUT2D eigenvalue weighted by molar-refractivity contribution is 5.78. The Hall–Kier alpha value is -2.99. The van der Waals surface area contributed by atoms with E-state index in [-0.39, 0.29) is 11.5 Å². The highest BCUT2D eigenvalue weighted by Crippen LogP contribution is 2.22. The number of amides is 1. The molecule has 1 aromatic heterocycles. The summed E-state index contributed by atoms with van der Waals surface area (Å²) in [6, 6.07) is 13.8. The molecule has 1 aliphatic heterocycles. The van der Waals surface area contributed by atoms with Gasteiger partial charge in [-0.2, -0.15) is 0 Å². The van der Waals surface area contributed by atoms with E-state index in [4.69, 9.17) is 0 Å². The monoisotopic (exact) mass is 390 g/mol. The van der Waals surface area contributed by atoms with Crippen molar-refractivity contribution in [2.45, 2.75) is 32.4 Å². The zero-order valence-electron chi connectivity index (χ0n) is 16.9. The molecule has 150 valence electrons. The van der Waals surface area contributed by atoms with Gasteiger partial charge in [-0.25, -0.2) is 4.98 Å². The number of fused-ring (bicyclic) bond motifs is 2. The fourth-order valence-electron chi connectivity index (χ4n) is 3.92. The maximum absolute atomic E-state index is 12.7. The van der Waals surface area contributed by atoms with E-state index in [1.807, 2.05) is 23.1 Å². The molecule has 0 unspecified atom stereocenters. The van der Waals surface area contributed by atoms with Crippen molar-refractivity contribution in [3.8, 4) is 0 Å². The maximum atomic E-state index is 12.7. The molecule has 2 aromatic carbocycles. The van der Waals surface area contributed by atoms with Gasteiger partial charge in [0.05, 0.1) is 10.9 Å². The number of H-pyrrole nitrogens is 1. The van der Waals surface area contributed by atoms with Crippen molar-refractivity contribution in [1.82, 2.24) is 19.8 Å². The van der Waals surface area contributed by atoms with Crippen LogP contribution < -0.4 is 5.56 Å². The number of carbonyl (C=O) groups excluding carboxylic acids is 1. The third kappa shape index (κ3) is 4.38. The first-order chi connectivity index (χ1) is 14.0. The Kier molecular flexibility index (Phi) is 5.45. The van der Waals surface area contributed by atoms with Crippen LogP contribution in [0.25, 0.3) is 10.9 Å². The van der Waals surface area contributed by atoms with Crippen LogP contribution >= 0.6 is 0 Å². The Morgan fingerprint density at radius 3 is 2.83 bits per heavy atom. The number of carbonyl (C=O) groups is 1. The average molecular weight is 390 g/mol. The summed E-state index contributed by atoms with van der Waals surface area (Å²) in [6.07, 6.45) is 1.66. The van der Waals surface area contributed by atoms with E-state index in [9.17, 15) is 9.59 Å². The average Bonchev–Trinajstić information content (AvgIpc) is 2.71. The number of benzene rings is 2. The number of nitrogens with one attached hydrogen (secondary N) is 1. The van der Waals surface area contributed by atoms with Crippen molar-refractivity contribution in [2.24, 2.45) is 0 Å². The molecular weight excluding hydrogens is 364 g/mol. The Balaban J connectivity index is 1.40. The van der Waals surface area contributed by atoms with Crippen LogP contribution in [0, 0.1) is 0 Å². The zero-order chi connectivity index (χ0) is 20.4. The number of aromatic nitrogens is 2. The van der Waals surface area contributed by atoms with E-state index < -0.39 is 0 Å². The highest BCUT2D eigenvalue weighted by atomic mass is 16.2. The molecular formula is C23H26N4O2. The minimum absolute atomic E-state index is 0.101. The highest BCUT2D eigenvalue weighted by Gasteiger charge is 2.21. The summed E-state index contributed by atoms with van der Waals surface area (Å²) in [7, 11) is 4.13. The molecule has 6 heteroatoms. The lowest BCUT2D eigenvalue weighted by molar-refractivity contribution is -0.132. The predicted octanol–water partition coefficient (Wildman–Crippen LogP) is 2.50. The van der Waals surface area contributed by atoms with Crippen LogP contribution in [0.1, 0.15) is 28.9 Å². The number of rotatable bonds is 5. The molecule has 0 atom stereocenters. The maximum Gasteiger partial charge on any atom is 0.258 e. The molecule has 0 radical (unpaired) electrons. The lowest BCUT2D eigenvalue weighted by Crippen LogP contribution is -2.36. The van der Waals surface area contributed by atoms with Crippen LogP contribution in [0.5, 0.6) is 0 Å². The Morgan fingerprint density at radius 1 is 1.17 bits per heavy atom. The summed E-state index contributed by atoms with van der Waals surface area (Å²) in [5.74, 6) is 0.664. The van der Waals surface area contributed by atoms with E-state index in [1.54, 1.807) is 6.07 Å². The second-order valence-electron chi connectivity index (χ2n) is 7.94. The van der Waals surface area contributed by atoms with Gasteiger partial charge in [-0.05, 0) is 49.3 Å². The number of aromatic amines is 1. The van der Waals surface area contributed by atoms with Crippen LogP contribution in [0.2, 0.25) is 0 Å². The minimum Gasteiger partial charge on any atom is -0.338 e. The summed E-state index contributed by atoms with van der Waals surface area (Å²) in [5.41, 5.74) is 4.38. The van der Waals surface area contributed by atoms with Gasteiger partial charge in [-0.3, -0.25) is 9.59 Å². The summed E-state index contributed by atoms with van der Waals surface area (Å²) >= 11 is 0. The first-order valence-electron chi connectivity index (χ1n) is 10.0. The predicted molar refractivity (Wildman–Crippen MR) is 114 cm³/mol. The Labute approximate surface area is 170 Å². The van der Waals surface area contributed by atoms with Gasteiger partial charge in [0.1, 0.15) is 5.82 Å². The van der Waals surface area contributed by atoms with Crippen LogP contribution in [0.3, 0.4) is 0 Å². The van der Waals surface area contributed by atoms with Gasteiger partial charge in [-0.1, -0.05) is 30.3 Å². The first-order valence-corrected chi connectivity index (χ1v) is 10.0. The molecule has 0 bridgehead atoms. The van der Waals surface area contributed by atoms with Gasteiger partial charge in [0.2, 0.25) is 5.91 Å². The normalized spacial score (nSPS) is 13.7. The first kappa shape index (κ1) is 19.3. The van der Waals surface area contributed by atoms with Crippen LogP contribution in [0.15, 0.2) is 47.3 Å². The van der Waals surface area contributed by atoms with Crippen molar-refractivity contribution in [3.05, 3.63) is 75.3 Å². The van der Waals surface area contributed by atoms with Crippen molar-refractivity contribution < 1.29 is 4.79 Å². The minimum atomic E-state index is -0.154. The lowest BCUT2D eigenvalue weighted by atomic mass is 9.97. The fraction of sp³-hybridized carbons (Fsp3) is 0.348. The SMILES string of the molecule is CN(C)Cc1ccc2c(c1)CCN(C(=O)CCc1nc3ccccc3c(=O)[nH]1)C2. The number of hydrogen-bond donors (Lipinski definition) is 1. The molecule has 1 N–H and O–H groups in total. The second-order valence-corrected chi connectivity index (χ2v) is 7.94. The lowest BCUT2D eigenvalue weighted by Gasteiger charge is -2.29. The van der Waals surface area contributed by atoms with Gasteiger partial charge in [0.15, 0.2) is 0 Å². The molecule has 4 rings (SSSR count). The molecule has 6 nitrogen and oxygen atoms in total. The largest absolute Gasteiger partial charge is 0.338 e.